The van der Waals surface area contributed by atoms with Crippen LogP contribution in [0.1, 0.15) is 18.4 Å². The highest BCUT2D eigenvalue weighted by Crippen LogP contribution is 2.02. The van der Waals surface area contributed by atoms with E-state index in [2.05, 4.69) is 5.10 Å². The molecule has 66 valence electrons. The van der Waals surface area contributed by atoms with Gasteiger partial charge in [-0.15, -0.1) is 0 Å². The van der Waals surface area contributed by atoms with E-state index in [0.29, 0.717) is 6.42 Å². The van der Waals surface area contributed by atoms with Crippen molar-refractivity contribution in [2.75, 3.05) is 0 Å². The molecule has 1 heterocycles. The zero-order chi connectivity index (χ0) is 8.97. The van der Waals surface area contributed by atoms with Crippen LogP contribution in [-0.4, -0.2) is 20.9 Å². The van der Waals surface area contributed by atoms with E-state index in [1.807, 2.05) is 13.2 Å². The summed E-state index contributed by atoms with van der Waals surface area (Å²) in [4.78, 5) is 10.2. The Balaban J connectivity index is 2.29. The minimum Gasteiger partial charge on any atom is -0.481 e. The van der Waals surface area contributed by atoms with Gasteiger partial charge in [0.15, 0.2) is 0 Å². The standard InChI is InChI=1S/C8H12N2O2/c1-10-6-7(5-9-10)3-2-4-8(11)12/h5-6H,2-4H2,1H3,(H,11,12). The molecule has 1 aromatic rings. The van der Waals surface area contributed by atoms with Crippen LogP contribution in [0.5, 0.6) is 0 Å². The molecule has 0 aliphatic carbocycles. The summed E-state index contributed by atoms with van der Waals surface area (Å²) >= 11 is 0. The molecule has 0 spiro atoms. The zero-order valence-electron chi connectivity index (χ0n) is 7.03. The number of rotatable bonds is 4. The molecule has 4 nitrogen and oxygen atoms in total. The van der Waals surface area contributed by atoms with Crippen molar-refractivity contribution in [1.82, 2.24) is 9.78 Å². The van der Waals surface area contributed by atoms with Gasteiger partial charge in [-0.2, -0.15) is 5.10 Å². The van der Waals surface area contributed by atoms with Crippen LogP contribution < -0.4 is 0 Å². The fourth-order valence-corrected chi connectivity index (χ4v) is 1.04. The highest BCUT2D eigenvalue weighted by molar-refractivity contribution is 5.66. The third-order valence-corrected chi connectivity index (χ3v) is 1.61. The number of aromatic nitrogens is 2. The normalized spacial score (nSPS) is 10.1. The number of aliphatic carboxylic acids is 1. The van der Waals surface area contributed by atoms with Gasteiger partial charge in [-0.1, -0.05) is 0 Å². The van der Waals surface area contributed by atoms with Crippen LogP contribution in [0.4, 0.5) is 0 Å². The van der Waals surface area contributed by atoms with Crippen molar-refractivity contribution < 1.29 is 9.90 Å². The maximum atomic E-state index is 10.2. The van der Waals surface area contributed by atoms with Gasteiger partial charge in [-0.05, 0) is 18.4 Å². The summed E-state index contributed by atoms with van der Waals surface area (Å²) < 4.78 is 1.72. The van der Waals surface area contributed by atoms with Crippen LogP contribution in [0.15, 0.2) is 12.4 Å². The summed E-state index contributed by atoms with van der Waals surface area (Å²) in [5.74, 6) is -0.737. The summed E-state index contributed by atoms with van der Waals surface area (Å²) in [6.45, 7) is 0. The van der Waals surface area contributed by atoms with Crippen LogP contribution in [0, 0.1) is 0 Å². The molecule has 0 radical (unpaired) electrons. The number of nitrogens with zero attached hydrogens (tertiary/aromatic N) is 2. The fourth-order valence-electron chi connectivity index (χ4n) is 1.04. The monoisotopic (exact) mass is 168 g/mol. The average molecular weight is 168 g/mol. The maximum Gasteiger partial charge on any atom is 0.303 e. The quantitative estimate of drug-likeness (QED) is 0.724. The van der Waals surface area contributed by atoms with Gasteiger partial charge < -0.3 is 5.11 Å². The summed E-state index contributed by atoms with van der Waals surface area (Å²) in [5.41, 5.74) is 1.10. The number of aryl methyl sites for hydroxylation is 2. The Labute approximate surface area is 70.8 Å². The van der Waals surface area contributed by atoms with Crippen LogP contribution in [0.3, 0.4) is 0 Å². The van der Waals surface area contributed by atoms with Crippen molar-refractivity contribution in [3.8, 4) is 0 Å². The van der Waals surface area contributed by atoms with Crippen molar-refractivity contribution in [2.45, 2.75) is 19.3 Å². The highest BCUT2D eigenvalue weighted by Gasteiger charge is 1.99. The topological polar surface area (TPSA) is 55.1 Å². The number of carbonyl (C=O) groups is 1. The SMILES string of the molecule is Cn1cc(CCCC(=O)O)cn1. The molecule has 1 rings (SSSR count). The highest BCUT2D eigenvalue weighted by atomic mass is 16.4. The van der Waals surface area contributed by atoms with Gasteiger partial charge in [-0.25, -0.2) is 0 Å². The van der Waals surface area contributed by atoms with Crippen LogP contribution in [0.2, 0.25) is 0 Å². The second-order valence-corrected chi connectivity index (χ2v) is 2.77. The lowest BCUT2D eigenvalue weighted by Crippen LogP contribution is -1.95. The summed E-state index contributed by atoms with van der Waals surface area (Å²) in [5, 5.41) is 12.4. The molecule has 1 aromatic heterocycles. The molecule has 0 saturated carbocycles. The predicted octanol–water partition coefficient (Wildman–Crippen LogP) is 0.827. The Morgan fingerprint density at radius 2 is 2.50 bits per heavy atom. The number of carboxylic acids is 1. The van der Waals surface area contributed by atoms with Gasteiger partial charge in [0.2, 0.25) is 0 Å². The summed E-state index contributed by atoms with van der Waals surface area (Å²) in [6, 6.07) is 0. The molecule has 0 bridgehead atoms. The lowest BCUT2D eigenvalue weighted by Gasteiger charge is -1.92. The van der Waals surface area contributed by atoms with Crippen molar-refractivity contribution in [3.05, 3.63) is 18.0 Å². The lowest BCUT2D eigenvalue weighted by molar-refractivity contribution is -0.137. The second-order valence-electron chi connectivity index (χ2n) is 2.77. The van der Waals surface area contributed by atoms with Crippen molar-refractivity contribution in [1.29, 1.82) is 0 Å². The predicted molar refractivity (Wildman–Crippen MR) is 43.8 cm³/mol. The Bertz CT molecular complexity index is 268. The Morgan fingerprint density at radius 1 is 1.75 bits per heavy atom. The van der Waals surface area contributed by atoms with Gasteiger partial charge in [0, 0.05) is 19.7 Å². The molecule has 4 heteroatoms. The average Bonchev–Trinajstić information content (AvgIpc) is 2.35. The molecule has 0 fully saturated rings. The molecule has 0 aliphatic heterocycles. The van der Waals surface area contributed by atoms with E-state index in [0.717, 1.165) is 12.0 Å². The summed E-state index contributed by atoms with van der Waals surface area (Å²) in [6.07, 6.45) is 5.37. The Kier molecular flexibility index (Phi) is 2.85. The van der Waals surface area contributed by atoms with Crippen LogP contribution in [-0.2, 0) is 18.3 Å². The van der Waals surface area contributed by atoms with Gasteiger partial charge in [0.25, 0.3) is 0 Å². The molecule has 12 heavy (non-hydrogen) atoms. The number of hydrogen-bond acceptors (Lipinski definition) is 2. The van der Waals surface area contributed by atoms with Crippen molar-refractivity contribution in [2.24, 2.45) is 7.05 Å². The first-order valence-electron chi connectivity index (χ1n) is 3.88. The zero-order valence-corrected chi connectivity index (χ0v) is 7.03. The molecular weight excluding hydrogens is 156 g/mol. The Morgan fingerprint density at radius 3 is 3.00 bits per heavy atom. The summed E-state index contributed by atoms with van der Waals surface area (Å²) in [7, 11) is 1.85. The van der Waals surface area contributed by atoms with Crippen molar-refractivity contribution >= 4 is 5.97 Å². The van der Waals surface area contributed by atoms with E-state index in [1.165, 1.54) is 0 Å². The van der Waals surface area contributed by atoms with Crippen molar-refractivity contribution in [3.63, 3.8) is 0 Å². The van der Waals surface area contributed by atoms with E-state index in [1.54, 1.807) is 10.9 Å². The lowest BCUT2D eigenvalue weighted by atomic mass is 10.1. The third kappa shape index (κ3) is 2.74. The molecule has 0 aliphatic rings. The Hall–Kier alpha value is -1.32. The second kappa shape index (κ2) is 3.90. The van der Waals surface area contributed by atoms with Crippen LogP contribution in [0.25, 0.3) is 0 Å². The molecule has 0 unspecified atom stereocenters. The molecule has 1 N–H and O–H groups in total. The van der Waals surface area contributed by atoms with Crippen LogP contribution >= 0.6 is 0 Å². The van der Waals surface area contributed by atoms with E-state index < -0.39 is 5.97 Å². The first-order chi connectivity index (χ1) is 5.68. The van der Waals surface area contributed by atoms with E-state index in [9.17, 15) is 4.79 Å². The molecule has 0 amide bonds. The van der Waals surface area contributed by atoms with Gasteiger partial charge in [0.1, 0.15) is 0 Å². The van der Waals surface area contributed by atoms with Gasteiger partial charge in [-0.3, -0.25) is 9.48 Å². The van der Waals surface area contributed by atoms with E-state index in [-0.39, 0.29) is 6.42 Å². The number of carboxylic acid groups (broad SMARTS) is 1. The smallest absolute Gasteiger partial charge is 0.303 e. The van der Waals surface area contributed by atoms with Gasteiger partial charge >= 0.3 is 5.97 Å². The largest absolute Gasteiger partial charge is 0.481 e. The molecular formula is C8H12N2O2. The molecule has 0 saturated heterocycles. The molecule has 0 aromatic carbocycles. The molecule has 0 atom stereocenters. The maximum absolute atomic E-state index is 10.2. The first-order valence-corrected chi connectivity index (χ1v) is 3.88. The number of hydrogen-bond donors (Lipinski definition) is 1. The first kappa shape index (κ1) is 8.77. The van der Waals surface area contributed by atoms with E-state index >= 15 is 0 Å². The third-order valence-electron chi connectivity index (χ3n) is 1.61. The van der Waals surface area contributed by atoms with Gasteiger partial charge in [0.05, 0.1) is 6.20 Å². The van der Waals surface area contributed by atoms with E-state index in [4.69, 9.17) is 5.11 Å². The minimum absolute atomic E-state index is 0.231. The fraction of sp³-hybridized carbons (Fsp3) is 0.500. The minimum atomic E-state index is -0.737.